The van der Waals surface area contributed by atoms with Crippen LogP contribution in [-0.4, -0.2) is 45.7 Å². The molecule has 2 atom stereocenters. The van der Waals surface area contributed by atoms with Crippen molar-refractivity contribution in [3.8, 4) is 0 Å². The summed E-state index contributed by atoms with van der Waals surface area (Å²) in [6.45, 7) is 12.3. The fraction of sp³-hybridized carbons (Fsp3) is 0.679. The molecule has 0 N–H and O–H groups in total. The molecule has 6 heteroatoms. The molecule has 1 saturated carbocycles. The minimum atomic E-state index is -0.641. The van der Waals surface area contributed by atoms with Crippen LogP contribution in [0.4, 0.5) is 0 Å². The van der Waals surface area contributed by atoms with Crippen LogP contribution in [0.2, 0.25) is 0 Å². The van der Waals surface area contributed by atoms with E-state index in [2.05, 4.69) is 37.6 Å². The van der Waals surface area contributed by atoms with E-state index < -0.39 is 5.97 Å². The molecule has 0 amide bonds. The third-order valence-corrected chi connectivity index (χ3v) is 8.13. The van der Waals surface area contributed by atoms with Crippen molar-refractivity contribution in [3.63, 3.8) is 0 Å². The number of rotatable bonds is 6. The summed E-state index contributed by atoms with van der Waals surface area (Å²) in [4.78, 5) is 33.0. The first-order valence-electron chi connectivity index (χ1n) is 13.1. The fourth-order valence-electron chi connectivity index (χ4n) is 6.29. The average molecular weight is 468 g/mol. The minimum Gasteiger partial charge on any atom is -0.461 e. The molecule has 2 fully saturated rings. The van der Waals surface area contributed by atoms with Crippen molar-refractivity contribution in [2.75, 3.05) is 13.2 Å². The molecule has 0 unspecified atom stereocenters. The number of esters is 1. The first kappa shape index (κ1) is 24.9. The second-order valence-electron chi connectivity index (χ2n) is 11.3. The smallest absolute Gasteiger partial charge is 0.362 e. The Balaban J connectivity index is 1.56. The zero-order valence-corrected chi connectivity index (χ0v) is 21.5. The van der Waals surface area contributed by atoms with Gasteiger partial charge in [-0.3, -0.25) is 9.69 Å². The van der Waals surface area contributed by atoms with Crippen molar-refractivity contribution >= 4 is 17.0 Å². The maximum absolute atomic E-state index is 13.4. The first-order valence-corrected chi connectivity index (χ1v) is 13.1. The van der Waals surface area contributed by atoms with Gasteiger partial charge in [0.05, 0.1) is 17.6 Å². The van der Waals surface area contributed by atoms with E-state index in [4.69, 9.17) is 4.74 Å². The number of fused-ring (bicyclic) bond motifs is 1. The summed E-state index contributed by atoms with van der Waals surface area (Å²) in [5.74, 6) is 0.170. The van der Waals surface area contributed by atoms with Gasteiger partial charge < -0.3 is 9.30 Å². The first-order chi connectivity index (χ1) is 16.2. The summed E-state index contributed by atoms with van der Waals surface area (Å²) >= 11 is 0. The third kappa shape index (κ3) is 5.07. The number of likely N-dealkylation sites (tertiary alicyclic amines) is 1. The topological polar surface area (TPSA) is 64.4 Å². The highest BCUT2D eigenvalue weighted by Crippen LogP contribution is 2.41. The lowest BCUT2D eigenvalue weighted by molar-refractivity contribution is 0.0516. The van der Waals surface area contributed by atoms with E-state index in [0.717, 1.165) is 24.4 Å². The second kappa shape index (κ2) is 10.2. The molecule has 0 bridgehead atoms. The maximum atomic E-state index is 13.4. The molecule has 2 heterocycles. The van der Waals surface area contributed by atoms with Crippen LogP contribution in [0.15, 0.2) is 29.1 Å². The molecule has 186 valence electrons. The Morgan fingerprint density at radius 3 is 2.53 bits per heavy atom. The van der Waals surface area contributed by atoms with Gasteiger partial charge in [-0.05, 0) is 88.8 Å². The Labute approximate surface area is 203 Å². The van der Waals surface area contributed by atoms with Crippen LogP contribution >= 0.6 is 0 Å². The van der Waals surface area contributed by atoms with Crippen molar-refractivity contribution in [1.29, 1.82) is 0 Å². The molecule has 6 nitrogen and oxygen atoms in total. The summed E-state index contributed by atoms with van der Waals surface area (Å²) in [5, 5.41) is 0. The number of nitrogens with zero attached hydrogens (tertiary/aromatic N) is 3. The molecule has 2 aliphatic rings. The number of aromatic nitrogens is 2. The SMILES string of the molecule is CCOC(=O)c1nc2ccccc2n([C@@H](C)C[C@@H]2CCCN2C2CCC(C(C)(C)C)CC2)c1=O. The van der Waals surface area contributed by atoms with Gasteiger partial charge in [-0.2, -0.15) is 0 Å². The van der Waals surface area contributed by atoms with Gasteiger partial charge in [0.25, 0.3) is 5.56 Å². The molecule has 1 aromatic heterocycles. The predicted molar refractivity (Wildman–Crippen MR) is 136 cm³/mol. The lowest BCUT2D eigenvalue weighted by Crippen LogP contribution is -2.43. The Bertz CT molecular complexity index is 1060. The van der Waals surface area contributed by atoms with Crippen LogP contribution in [0.25, 0.3) is 11.0 Å². The van der Waals surface area contributed by atoms with Gasteiger partial charge >= 0.3 is 5.97 Å². The fourth-order valence-corrected chi connectivity index (χ4v) is 6.29. The van der Waals surface area contributed by atoms with Crippen molar-refractivity contribution in [2.24, 2.45) is 11.3 Å². The zero-order chi connectivity index (χ0) is 24.5. The molecule has 1 aromatic carbocycles. The van der Waals surface area contributed by atoms with Crippen LogP contribution in [0.1, 0.15) is 96.1 Å². The number of carbonyl (C=O) groups excluding carboxylic acids is 1. The van der Waals surface area contributed by atoms with Gasteiger partial charge in [-0.15, -0.1) is 0 Å². The lowest BCUT2D eigenvalue weighted by Gasteiger charge is -2.42. The standard InChI is InChI=1S/C28H41N3O3/c1-6-34-27(33)25-26(32)31(24-12-8-7-11-23(24)29-25)19(2)18-22-10-9-17-30(22)21-15-13-20(14-16-21)28(3,4)5/h7-8,11-12,19-22H,6,9-10,13-18H2,1-5H3/t19-,20?,21?,22-/m0/s1. The van der Waals surface area contributed by atoms with Crippen LogP contribution in [0, 0.1) is 11.3 Å². The summed E-state index contributed by atoms with van der Waals surface area (Å²) in [5.41, 5.74) is 1.37. The zero-order valence-electron chi connectivity index (χ0n) is 21.5. The van der Waals surface area contributed by atoms with Gasteiger partial charge in [-0.1, -0.05) is 32.9 Å². The van der Waals surface area contributed by atoms with Gasteiger partial charge in [0.15, 0.2) is 0 Å². The minimum absolute atomic E-state index is 0.0370. The Morgan fingerprint density at radius 2 is 1.85 bits per heavy atom. The molecule has 0 radical (unpaired) electrons. The quantitative estimate of drug-likeness (QED) is 0.518. The molecular weight excluding hydrogens is 426 g/mol. The molecular formula is C28H41N3O3. The highest BCUT2D eigenvalue weighted by atomic mass is 16.5. The molecule has 2 aromatic rings. The third-order valence-electron chi connectivity index (χ3n) is 8.13. The van der Waals surface area contributed by atoms with Gasteiger partial charge in [0.2, 0.25) is 5.69 Å². The predicted octanol–water partition coefficient (Wildman–Crippen LogP) is 5.59. The largest absolute Gasteiger partial charge is 0.461 e. The van der Waals surface area contributed by atoms with E-state index in [1.165, 1.54) is 38.5 Å². The van der Waals surface area contributed by atoms with Crippen molar-refractivity contribution < 1.29 is 9.53 Å². The molecule has 34 heavy (non-hydrogen) atoms. The number of carbonyl (C=O) groups is 1. The Morgan fingerprint density at radius 1 is 1.15 bits per heavy atom. The van der Waals surface area contributed by atoms with E-state index in [0.29, 0.717) is 23.0 Å². The number of benzene rings is 1. The van der Waals surface area contributed by atoms with Gasteiger partial charge in [-0.25, -0.2) is 9.78 Å². The number of ether oxygens (including phenoxy) is 1. The maximum Gasteiger partial charge on any atom is 0.362 e. The monoisotopic (exact) mass is 467 g/mol. The molecule has 1 aliphatic carbocycles. The van der Waals surface area contributed by atoms with E-state index in [1.54, 1.807) is 11.5 Å². The Kier molecular flexibility index (Phi) is 7.46. The van der Waals surface area contributed by atoms with Crippen molar-refractivity contribution in [1.82, 2.24) is 14.5 Å². The van der Waals surface area contributed by atoms with Crippen LogP contribution < -0.4 is 5.56 Å². The van der Waals surface area contributed by atoms with E-state index >= 15 is 0 Å². The highest BCUT2D eigenvalue weighted by molar-refractivity contribution is 5.89. The van der Waals surface area contributed by atoms with Crippen LogP contribution in [0.3, 0.4) is 0 Å². The molecule has 4 rings (SSSR count). The number of para-hydroxylation sites is 2. The molecule has 1 aliphatic heterocycles. The van der Waals surface area contributed by atoms with Crippen molar-refractivity contribution in [3.05, 3.63) is 40.3 Å². The van der Waals surface area contributed by atoms with Gasteiger partial charge in [0.1, 0.15) is 0 Å². The molecule has 0 spiro atoms. The highest BCUT2D eigenvalue weighted by Gasteiger charge is 2.37. The van der Waals surface area contributed by atoms with Gasteiger partial charge in [0, 0.05) is 18.1 Å². The summed E-state index contributed by atoms with van der Waals surface area (Å²) in [6.07, 6.45) is 8.46. The average Bonchev–Trinajstić information content (AvgIpc) is 3.26. The Hall–Kier alpha value is -2.21. The van der Waals surface area contributed by atoms with E-state index in [9.17, 15) is 9.59 Å². The van der Waals surface area contributed by atoms with Crippen LogP contribution in [0.5, 0.6) is 0 Å². The second-order valence-corrected chi connectivity index (χ2v) is 11.3. The number of hydrogen-bond donors (Lipinski definition) is 0. The lowest BCUT2D eigenvalue weighted by atomic mass is 9.71. The van der Waals surface area contributed by atoms with Crippen molar-refractivity contribution in [2.45, 2.75) is 97.7 Å². The van der Waals surface area contributed by atoms with E-state index in [1.807, 2.05) is 24.3 Å². The summed E-state index contributed by atoms with van der Waals surface area (Å²) in [6, 6.07) is 8.68. The number of hydrogen-bond acceptors (Lipinski definition) is 5. The molecule has 1 saturated heterocycles. The normalized spacial score (nSPS) is 24.9. The van der Waals surface area contributed by atoms with E-state index in [-0.39, 0.29) is 23.9 Å². The van der Waals surface area contributed by atoms with Crippen LogP contribution in [-0.2, 0) is 4.74 Å². The summed E-state index contributed by atoms with van der Waals surface area (Å²) in [7, 11) is 0. The summed E-state index contributed by atoms with van der Waals surface area (Å²) < 4.78 is 6.91.